The molecule has 0 bridgehead atoms. The minimum Gasteiger partial charge on any atom is -0.346 e. The second kappa shape index (κ2) is 4.31. The number of benzene rings is 1. The highest BCUT2D eigenvalue weighted by atomic mass is 32.2. The van der Waals surface area contributed by atoms with E-state index in [0.717, 1.165) is 32.3 Å². The zero-order valence-electron chi connectivity index (χ0n) is 9.60. The van der Waals surface area contributed by atoms with Crippen molar-refractivity contribution in [3.63, 3.8) is 0 Å². The van der Waals surface area contributed by atoms with Gasteiger partial charge in [0.1, 0.15) is 5.03 Å². The number of fused-ring (bicyclic) bond motifs is 2. The van der Waals surface area contributed by atoms with Crippen LogP contribution in [-0.2, 0) is 0 Å². The van der Waals surface area contributed by atoms with Gasteiger partial charge in [-0.1, -0.05) is 30.5 Å². The highest BCUT2D eigenvalue weighted by molar-refractivity contribution is 7.99. The summed E-state index contributed by atoms with van der Waals surface area (Å²) in [5.74, 6) is 0. The van der Waals surface area contributed by atoms with Crippen LogP contribution < -0.4 is 5.32 Å². The van der Waals surface area contributed by atoms with Gasteiger partial charge in [0.25, 0.3) is 0 Å². The molecule has 0 unspecified atom stereocenters. The molecule has 2 heterocycles. The van der Waals surface area contributed by atoms with E-state index in [-0.39, 0.29) is 0 Å². The van der Waals surface area contributed by atoms with Crippen molar-refractivity contribution in [1.29, 1.82) is 5.41 Å². The van der Waals surface area contributed by atoms with Crippen molar-refractivity contribution in [2.45, 2.75) is 9.92 Å². The lowest BCUT2D eigenvalue weighted by Gasteiger charge is -2.22. The summed E-state index contributed by atoms with van der Waals surface area (Å²) in [5.41, 5.74) is 3.99. The maximum Gasteiger partial charge on any atom is 0.109 e. The van der Waals surface area contributed by atoms with Crippen LogP contribution in [0.25, 0.3) is 5.57 Å². The number of aromatic nitrogens is 1. The quantitative estimate of drug-likeness (QED) is 0.541. The first-order valence-corrected chi connectivity index (χ1v) is 6.34. The Labute approximate surface area is 109 Å². The predicted molar refractivity (Wildman–Crippen MR) is 75.3 cm³/mol. The van der Waals surface area contributed by atoms with Gasteiger partial charge in [0.05, 0.1) is 6.34 Å². The molecule has 1 aliphatic heterocycles. The molecule has 0 fully saturated rings. The van der Waals surface area contributed by atoms with Gasteiger partial charge < -0.3 is 5.32 Å². The van der Waals surface area contributed by atoms with Crippen LogP contribution in [0.15, 0.2) is 53.0 Å². The Morgan fingerprint density at radius 1 is 1.28 bits per heavy atom. The number of rotatable bonds is 2. The third-order valence-electron chi connectivity index (χ3n) is 2.86. The second-order valence-corrected chi connectivity index (χ2v) is 4.93. The first-order chi connectivity index (χ1) is 8.81. The summed E-state index contributed by atoms with van der Waals surface area (Å²) in [5, 5.41) is 11.1. The normalized spacial score (nSPS) is 12.6. The SMILES string of the molecule is C=C1c2cccnc2Sc2cccc(NC=N)c21. The van der Waals surface area contributed by atoms with Crippen LogP contribution in [0.1, 0.15) is 11.1 Å². The Hall–Kier alpha value is -2.07. The maximum atomic E-state index is 7.18. The standard InChI is InChI=1S/C14H11N3S/c1-9-10-4-3-7-16-14(10)18-12-6-2-5-11(13(9)12)17-8-15/h2-8H,1H2,(H2,15,17). The molecule has 0 radical (unpaired) electrons. The molecule has 1 aliphatic rings. The van der Waals surface area contributed by atoms with E-state index in [0.29, 0.717) is 0 Å². The third kappa shape index (κ3) is 1.62. The average molecular weight is 253 g/mol. The van der Waals surface area contributed by atoms with Gasteiger partial charge in [-0.3, -0.25) is 5.41 Å². The zero-order chi connectivity index (χ0) is 12.5. The summed E-state index contributed by atoms with van der Waals surface area (Å²) in [4.78, 5) is 5.50. The highest BCUT2D eigenvalue weighted by Gasteiger charge is 2.22. The van der Waals surface area contributed by atoms with Crippen LogP contribution in [0.4, 0.5) is 5.69 Å². The minimum absolute atomic E-state index is 0.912. The van der Waals surface area contributed by atoms with E-state index in [1.165, 1.54) is 6.34 Å². The molecule has 4 heteroatoms. The fourth-order valence-corrected chi connectivity index (χ4v) is 3.17. The van der Waals surface area contributed by atoms with Gasteiger partial charge in [-0.05, 0) is 23.8 Å². The minimum atomic E-state index is 0.912. The Bertz CT molecular complexity index is 649. The lowest BCUT2D eigenvalue weighted by molar-refractivity contribution is 1.10. The summed E-state index contributed by atoms with van der Waals surface area (Å²) >= 11 is 1.64. The molecule has 0 spiro atoms. The molecule has 1 aromatic heterocycles. The zero-order valence-corrected chi connectivity index (χ0v) is 10.4. The number of anilines is 1. The van der Waals surface area contributed by atoms with Crippen LogP contribution in [-0.4, -0.2) is 11.3 Å². The third-order valence-corrected chi connectivity index (χ3v) is 3.94. The van der Waals surface area contributed by atoms with Gasteiger partial charge in [-0.2, -0.15) is 0 Å². The van der Waals surface area contributed by atoms with E-state index in [4.69, 9.17) is 5.41 Å². The van der Waals surface area contributed by atoms with Crippen molar-refractivity contribution in [3.05, 3.63) is 54.2 Å². The summed E-state index contributed by atoms with van der Waals surface area (Å²) in [7, 11) is 0. The van der Waals surface area contributed by atoms with Gasteiger partial charge in [0.2, 0.25) is 0 Å². The Kier molecular flexibility index (Phi) is 2.64. The Morgan fingerprint density at radius 2 is 2.17 bits per heavy atom. The van der Waals surface area contributed by atoms with E-state index < -0.39 is 0 Å². The first kappa shape index (κ1) is 11.0. The van der Waals surface area contributed by atoms with Crippen molar-refractivity contribution >= 4 is 29.4 Å². The van der Waals surface area contributed by atoms with Crippen LogP contribution in [0.3, 0.4) is 0 Å². The molecule has 88 valence electrons. The van der Waals surface area contributed by atoms with E-state index in [2.05, 4.69) is 22.9 Å². The molecular weight excluding hydrogens is 242 g/mol. The monoisotopic (exact) mass is 253 g/mol. The topological polar surface area (TPSA) is 48.8 Å². The van der Waals surface area contributed by atoms with Crippen molar-refractivity contribution in [2.24, 2.45) is 0 Å². The molecule has 3 rings (SSSR count). The van der Waals surface area contributed by atoms with Crippen molar-refractivity contribution in [3.8, 4) is 0 Å². The molecular formula is C14H11N3S. The van der Waals surface area contributed by atoms with Crippen LogP contribution in [0, 0.1) is 5.41 Å². The summed E-state index contributed by atoms with van der Waals surface area (Å²) in [6.45, 7) is 4.17. The van der Waals surface area contributed by atoms with Gasteiger partial charge in [0, 0.05) is 27.9 Å². The maximum absolute atomic E-state index is 7.18. The van der Waals surface area contributed by atoms with Gasteiger partial charge in [-0.25, -0.2) is 4.98 Å². The fourth-order valence-electron chi connectivity index (χ4n) is 2.07. The number of nitrogens with one attached hydrogen (secondary N) is 2. The van der Waals surface area contributed by atoms with Gasteiger partial charge in [-0.15, -0.1) is 0 Å². The second-order valence-electron chi connectivity index (χ2n) is 3.90. The van der Waals surface area contributed by atoms with Crippen molar-refractivity contribution in [1.82, 2.24) is 4.98 Å². The van der Waals surface area contributed by atoms with Gasteiger partial charge in [0.15, 0.2) is 0 Å². The Balaban J connectivity index is 2.20. The molecule has 0 atom stereocenters. The first-order valence-electron chi connectivity index (χ1n) is 5.52. The number of hydrogen-bond donors (Lipinski definition) is 2. The lowest BCUT2D eigenvalue weighted by Crippen LogP contribution is -2.04. The molecule has 0 saturated carbocycles. The van der Waals surface area contributed by atoms with Crippen molar-refractivity contribution in [2.75, 3.05) is 5.32 Å². The van der Waals surface area contributed by atoms with E-state index >= 15 is 0 Å². The lowest BCUT2D eigenvalue weighted by atomic mass is 9.98. The summed E-state index contributed by atoms with van der Waals surface area (Å²) < 4.78 is 0. The number of nitrogens with zero attached hydrogens (tertiary/aromatic N) is 1. The van der Waals surface area contributed by atoms with Crippen molar-refractivity contribution < 1.29 is 0 Å². The molecule has 0 amide bonds. The van der Waals surface area contributed by atoms with Crippen LogP contribution in [0.2, 0.25) is 0 Å². The smallest absolute Gasteiger partial charge is 0.109 e. The predicted octanol–water partition coefficient (Wildman–Crippen LogP) is 3.63. The number of hydrogen-bond acceptors (Lipinski definition) is 3. The molecule has 18 heavy (non-hydrogen) atoms. The molecule has 0 saturated heterocycles. The number of pyridine rings is 1. The van der Waals surface area contributed by atoms with Crippen LogP contribution in [0.5, 0.6) is 0 Å². The molecule has 3 nitrogen and oxygen atoms in total. The molecule has 2 aromatic rings. The molecule has 1 aromatic carbocycles. The Morgan fingerprint density at radius 3 is 3.00 bits per heavy atom. The van der Waals surface area contributed by atoms with E-state index in [1.807, 2.05) is 24.3 Å². The van der Waals surface area contributed by atoms with E-state index in [1.54, 1.807) is 18.0 Å². The van der Waals surface area contributed by atoms with Gasteiger partial charge >= 0.3 is 0 Å². The average Bonchev–Trinajstić information content (AvgIpc) is 2.39. The largest absolute Gasteiger partial charge is 0.346 e. The van der Waals surface area contributed by atoms with Crippen LogP contribution >= 0.6 is 11.8 Å². The molecule has 0 aliphatic carbocycles. The summed E-state index contributed by atoms with van der Waals surface area (Å²) in [6, 6.07) is 9.93. The highest BCUT2D eigenvalue weighted by Crippen LogP contribution is 2.46. The van der Waals surface area contributed by atoms with E-state index in [9.17, 15) is 0 Å². The fraction of sp³-hybridized carbons (Fsp3) is 0. The molecule has 2 N–H and O–H groups in total. The summed E-state index contributed by atoms with van der Waals surface area (Å²) in [6.07, 6.45) is 2.98.